The molecule has 0 spiro atoms. The first-order valence-electron chi connectivity index (χ1n) is 7.32. The molecule has 2 heterocycles. The molecule has 2 N–H and O–H groups in total. The third-order valence-electron chi connectivity index (χ3n) is 3.34. The normalized spacial score (nSPS) is 10.9. The number of nitrogens with two attached hydrogens (primary N) is 1. The van der Waals surface area contributed by atoms with Crippen LogP contribution in [0.1, 0.15) is 22.8 Å². The van der Waals surface area contributed by atoms with Gasteiger partial charge in [-0.25, -0.2) is 0 Å². The second kappa shape index (κ2) is 7.34. The van der Waals surface area contributed by atoms with Gasteiger partial charge in [-0.2, -0.15) is 0 Å². The molecule has 0 atom stereocenters. The van der Waals surface area contributed by atoms with Gasteiger partial charge in [0.25, 0.3) is 0 Å². The summed E-state index contributed by atoms with van der Waals surface area (Å²) in [6.07, 6.45) is 3.57. The standard InChI is InChI=1S/C16H18N6S/c1-12-8-19-14(9-18-12)11-23-16-21-20-15(7-17)22(16)10-13-5-3-2-4-6-13/h2-6,8-9H,7,10-11,17H2,1H3. The molecule has 0 bridgehead atoms. The maximum absolute atomic E-state index is 5.79. The molecule has 23 heavy (non-hydrogen) atoms. The number of hydrogen-bond acceptors (Lipinski definition) is 6. The molecular weight excluding hydrogens is 308 g/mol. The highest BCUT2D eigenvalue weighted by Gasteiger charge is 2.12. The number of aryl methyl sites for hydroxylation is 1. The molecule has 0 saturated carbocycles. The van der Waals surface area contributed by atoms with Crippen molar-refractivity contribution >= 4 is 11.8 Å². The highest BCUT2D eigenvalue weighted by atomic mass is 32.2. The van der Waals surface area contributed by atoms with E-state index in [1.54, 1.807) is 24.2 Å². The Kier molecular flexibility index (Phi) is 4.99. The predicted octanol–water partition coefficient (Wildman–Crippen LogP) is 2.18. The van der Waals surface area contributed by atoms with Crippen LogP contribution in [0.5, 0.6) is 0 Å². The van der Waals surface area contributed by atoms with Crippen LogP contribution < -0.4 is 5.73 Å². The Balaban J connectivity index is 1.76. The minimum atomic E-state index is 0.366. The minimum absolute atomic E-state index is 0.366. The molecule has 1 aromatic carbocycles. The number of benzene rings is 1. The van der Waals surface area contributed by atoms with Crippen molar-refractivity contribution in [3.05, 3.63) is 65.5 Å². The van der Waals surface area contributed by atoms with Crippen LogP contribution in [-0.2, 0) is 18.8 Å². The van der Waals surface area contributed by atoms with E-state index in [0.717, 1.165) is 22.4 Å². The molecule has 6 nitrogen and oxygen atoms in total. The molecule has 2 aromatic heterocycles. The number of nitrogens with zero attached hydrogens (tertiary/aromatic N) is 5. The molecule has 0 aliphatic carbocycles. The number of hydrogen-bond donors (Lipinski definition) is 1. The van der Waals surface area contributed by atoms with Crippen LogP contribution >= 0.6 is 11.8 Å². The Labute approximate surface area is 139 Å². The van der Waals surface area contributed by atoms with Gasteiger partial charge in [-0.1, -0.05) is 42.1 Å². The van der Waals surface area contributed by atoms with Crippen LogP contribution in [0, 0.1) is 6.92 Å². The van der Waals surface area contributed by atoms with Gasteiger partial charge in [0.15, 0.2) is 5.16 Å². The molecule has 7 heteroatoms. The molecule has 0 amide bonds. The van der Waals surface area contributed by atoms with E-state index in [9.17, 15) is 0 Å². The maximum Gasteiger partial charge on any atom is 0.191 e. The smallest absolute Gasteiger partial charge is 0.191 e. The zero-order valence-electron chi connectivity index (χ0n) is 12.9. The third kappa shape index (κ3) is 3.94. The van der Waals surface area contributed by atoms with Crippen molar-refractivity contribution < 1.29 is 0 Å². The zero-order valence-corrected chi connectivity index (χ0v) is 13.7. The predicted molar refractivity (Wildman–Crippen MR) is 89.8 cm³/mol. The molecule has 0 aliphatic heterocycles. The number of thioether (sulfide) groups is 1. The summed E-state index contributed by atoms with van der Waals surface area (Å²) in [7, 11) is 0. The van der Waals surface area contributed by atoms with Gasteiger partial charge in [-0.05, 0) is 12.5 Å². The fourth-order valence-corrected chi connectivity index (χ4v) is 2.98. The molecule has 0 saturated heterocycles. The summed E-state index contributed by atoms with van der Waals surface area (Å²) in [6.45, 7) is 3.00. The Morgan fingerprint density at radius 2 is 1.91 bits per heavy atom. The van der Waals surface area contributed by atoms with E-state index >= 15 is 0 Å². The minimum Gasteiger partial charge on any atom is -0.324 e. The molecule has 3 rings (SSSR count). The van der Waals surface area contributed by atoms with Crippen LogP contribution in [0.2, 0.25) is 0 Å². The summed E-state index contributed by atoms with van der Waals surface area (Å²) in [5, 5.41) is 9.30. The lowest BCUT2D eigenvalue weighted by molar-refractivity contribution is 0.666. The van der Waals surface area contributed by atoms with E-state index in [1.165, 1.54) is 5.56 Å². The van der Waals surface area contributed by atoms with Crippen molar-refractivity contribution in [1.29, 1.82) is 0 Å². The lowest BCUT2D eigenvalue weighted by Gasteiger charge is -2.09. The summed E-state index contributed by atoms with van der Waals surface area (Å²) in [4.78, 5) is 8.63. The second-order valence-electron chi connectivity index (χ2n) is 5.11. The van der Waals surface area contributed by atoms with Crippen LogP contribution in [0.25, 0.3) is 0 Å². The summed E-state index contributed by atoms with van der Waals surface area (Å²) in [6, 6.07) is 10.2. The molecular formula is C16H18N6S. The Bertz CT molecular complexity index is 754. The van der Waals surface area contributed by atoms with E-state index in [2.05, 4.69) is 36.9 Å². The monoisotopic (exact) mass is 326 g/mol. The first-order valence-corrected chi connectivity index (χ1v) is 8.31. The molecule has 0 aliphatic rings. The fraction of sp³-hybridized carbons (Fsp3) is 0.250. The maximum atomic E-state index is 5.79. The van der Waals surface area contributed by atoms with Gasteiger partial charge in [0.2, 0.25) is 0 Å². The number of aromatic nitrogens is 5. The van der Waals surface area contributed by atoms with Gasteiger partial charge < -0.3 is 10.3 Å². The van der Waals surface area contributed by atoms with E-state index in [-0.39, 0.29) is 0 Å². The van der Waals surface area contributed by atoms with Gasteiger partial charge in [0.05, 0.1) is 24.5 Å². The molecule has 3 aromatic rings. The third-order valence-corrected chi connectivity index (χ3v) is 4.34. The van der Waals surface area contributed by atoms with Crippen LogP contribution in [-0.4, -0.2) is 24.7 Å². The second-order valence-corrected chi connectivity index (χ2v) is 6.05. The number of rotatable bonds is 6. The van der Waals surface area contributed by atoms with Crippen LogP contribution in [0.15, 0.2) is 47.9 Å². The zero-order chi connectivity index (χ0) is 16.1. The highest BCUT2D eigenvalue weighted by molar-refractivity contribution is 7.98. The summed E-state index contributed by atoms with van der Waals surface area (Å²) in [5.74, 6) is 1.48. The largest absolute Gasteiger partial charge is 0.324 e. The molecule has 0 radical (unpaired) electrons. The van der Waals surface area contributed by atoms with Crippen molar-refractivity contribution in [2.24, 2.45) is 5.73 Å². The van der Waals surface area contributed by atoms with E-state index in [0.29, 0.717) is 18.8 Å². The van der Waals surface area contributed by atoms with Crippen LogP contribution in [0.3, 0.4) is 0 Å². The van der Waals surface area contributed by atoms with Crippen molar-refractivity contribution in [3.8, 4) is 0 Å². The van der Waals surface area contributed by atoms with Gasteiger partial charge in [-0.15, -0.1) is 10.2 Å². The average molecular weight is 326 g/mol. The van der Waals surface area contributed by atoms with Gasteiger partial charge in [0.1, 0.15) is 5.82 Å². The van der Waals surface area contributed by atoms with Gasteiger partial charge in [-0.3, -0.25) is 9.97 Å². The average Bonchev–Trinajstić information content (AvgIpc) is 2.97. The Hall–Kier alpha value is -2.25. The molecule has 0 unspecified atom stereocenters. The van der Waals surface area contributed by atoms with Crippen LogP contribution in [0.4, 0.5) is 0 Å². The van der Waals surface area contributed by atoms with E-state index in [4.69, 9.17) is 5.73 Å². The molecule has 0 fully saturated rings. The van der Waals surface area contributed by atoms with Gasteiger partial charge in [0, 0.05) is 18.1 Å². The quantitative estimate of drug-likeness (QED) is 0.699. The lowest BCUT2D eigenvalue weighted by atomic mass is 10.2. The fourth-order valence-electron chi connectivity index (χ4n) is 2.13. The van der Waals surface area contributed by atoms with Crippen molar-refractivity contribution in [2.75, 3.05) is 0 Å². The topological polar surface area (TPSA) is 82.5 Å². The van der Waals surface area contributed by atoms with Crippen molar-refractivity contribution in [2.45, 2.75) is 30.9 Å². The van der Waals surface area contributed by atoms with E-state index in [1.807, 2.05) is 25.1 Å². The SMILES string of the molecule is Cc1cnc(CSc2nnc(CN)n2Cc2ccccc2)cn1. The van der Waals surface area contributed by atoms with Crippen molar-refractivity contribution in [1.82, 2.24) is 24.7 Å². The summed E-state index contributed by atoms with van der Waals surface area (Å²) < 4.78 is 2.06. The van der Waals surface area contributed by atoms with Crippen molar-refractivity contribution in [3.63, 3.8) is 0 Å². The van der Waals surface area contributed by atoms with Gasteiger partial charge >= 0.3 is 0 Å². The van der Waals surface area contributed by atoms with E-state index < -0.39 is 0 Å². The first-order chi connectivity index (χ1) is 11.3. The summed E-state index contributed by atoms with van der Waals surface area (Å²) >= 11 is 1.59. The summed E-state index contributed by atoms with van der Waals surface area (Å²) in [5.41, 5.74) is 8.81. The Morgan fingerprint density at radius 3 is 2.61 bits per heavy atom. The molecule has 118 valence electrons. The first kappa shape index (κ1) is 15.6. The Morgan fingerprint density at radius 1 is 1.09 bits per heavy atom. The lowest BCUT2D eigenvalue weighted by Crippen LogP contribution is -2.10. The highest BCUT2D eigenvalue weighted by Crippen LogP contribution is 2.22.